The van der Waals surface area contributed by atoms with Crippen molar-refractivity contribution in [3.05, 3.63) is 70.5 Å². The zero-order valence-corrected chi connectivity index (χ0v) is 18.7. The van der Waals surface area contributed by atoms with Crippen LogP contribution in [0.15, 0.2) is 64.5 Å². The smallest absolute Gasteiger partial charge is 0.262 e. The third kappa shape index (κ3) is 3.89. The molecule has 1 amide bonds. The molecule has 3 heterocycles. The van der Waals surface area contributed by atoms with E-state index in [4.69, 9.17) is 0 Å². The summed E-state index contributed by atoms with van der Waals surface area (Å²) in [5.41, 5.74) is 1.93. The van der Waals surface area contributed by atoms with E-state index in [0.717, 1.165) is 38.2 Å². The van der Waals surface area contributed by atoms with Crippen molar-refractivity contribution in [1.29, 1.82) is 0 Å². The molecule has 4 aromatic rings. The lowest BCUT2D eigenvalue weighted by Crippen LogP contribution is -2.48. The van der Waals surface area contributed by atoms with Crippen molar-refractivity contribution < 1.29 is 4.79 Å². The highest BCUT2D eigenvalue weighted by Crippen LogP contribution is 2.22. The summed E-state index contributed by atoms with van der Waals surface area (Å²) < 4.78 is 3.35. The first kappa shape index (κ1) is 20.7. The second-order valence-electron chi connectivity index (χ2n) is 7.93. The molecule has 0 unspecified atom stereocenters. The molecular weight excluding hydrogens is 424 g/mol. The molecule has 0 bridgehead atoms. The van der Waals surface area contributed by atoms with E-state index in [9.17, 15) is 9.59 Å². The molecule has 8 nitrogen and oxygen atoms in total. The lowest BCUT2D eigenvalue weighted by molar-refractivity contribution is -0.130. The number of rotatable bonds is 5. The van der Waals surface area contributed by atoms with E-state index in [1.54, 1.807) is 13.1 Å². The quantitative estimate of drug-likeness (QED) is 0.435. The fourth-order valence-corrected chi connectivity index (χ4v) is 4.96. The standard InChI is InChI=1S/C23H24N6O2S/c1-26-21(31)18-9-5-6-10-19(18)29-22(26)24-25-23(29)32-16-20(30)28-13-11-27(12-14-28)15-17-7-3-2-4-8-17/h2-10H,11-16H2,1H3. The normalized spacial score (nSPS) is 15.0. The van der Waals surface area contributed by atoms with Gasteiger partial charge in [-0.05, 0) is 17.7 Å². The van der Waals surface area contributed by atoms with Crippen LogP contribution >= 0.6 is 11.8 Å². The number of piperazine rings is 1. The Morgan fingerprint density at radius 1 is 0.969 bits per heavy atom. The van der Waals surface area contributed by atoms with Gasteiger partial charge in [0.1, 0.15) is 0 Å². The lowest BCUT2D eigenvalue weighted by Gasteiger charge is -2.34. The van der Waals surface area contributed by atoms with E-state index in [2.05, 4.69) is 39.4 Å². The molecule has 1 saturated heterocycles. The molecule has 164 valence electrons. The van der Waals surface area contributed by atoms with Crippen molar-refractivity contribution >= 4 is 34.3 Å². The minimum atomic E-state index is -0.110. The van der Waals surface area contributed by atoms with Crippen LogP contribution in [-0.4, -0.2) is 66.8 Å². The number of carbonyl (C=O) groups excluding carboxylic acids is 1. The van der Waals surface area contributed by atoms with E-state index in [1.807, 2.05) is 33.6 Å². The lowest BCUT2D eigenvalue weighted by atomic mass is 10.2. The molecule has 1 fully saturated rings. The largest absolute Gasteiger partial charge is 0.339 e. The maximum absolute atomic E-state index is 12.9. The van der Waals surface area contributed by atoms with Crippen LogP contribution in [0.5, 0.6) is 0 Å². The molecule has 32 heavy (non-hydrogen) atoms. The first-order valence-corrected chi connectivity index (χ1v) is 11.6. The van der Waals surface area contributed by atoms with Gasteiger partial charge in [-0.15, -0.1) is 10.2 Å². The Bertz CT molecular complexity index is 1330. The number of hydrogen-bond acceptors (Lipinski definition) is 6. The van der Waals surface area contributed by atoms with Gasteiger partial charge in [0.2, 0.25) is 11.7 Å². The zero-order valence-electron chi connectivity index (χ0n) is 17.8. The van der Waals surface area contributed by atoms with Gasteiger partial charge in [0, 0.05) is 39.8 Å². The number of aromatic nitrogens is 4. The monoisotopic (exact) mass is 448 g/mol. The minimum absolute atomic E-state index is 0.0974. The van der Waals surface area contributed by atoms with Crippen molar-refractivity contribution in [1.82, 2.24) is 29.0 Å². The maximum Gasteiger partial charge on any atom is 0.262 e. The average Bonchev–Trinajstić information content (AvgIpc) is 3.26. The average molecular weight is 449 g/mol. The van der Waals surface area contributed by atoms with Gasteiger partial charge in [-0.25, -0.2) is 0 Å². The number of amides is 1. The van der Waals surface area contributed by atoms with Crippen LogP contribution in [-0.2, 0) is 18.4 Å². The van der Waals surface area contributed by atoms with Gasteiger partial charge in [-0.1, -0.05) is 54.2 Å². The Labute approximate surface area is 189 Å². The van der Waals surface area contributed by atoms with Gasteiger partial charge < -0.3 is 4.90 Å². The SMILES string of the molecule is Cn1c(=O)c2ccccc2n2c(SCC(=O)N3CCN(Cc4ccccc4)CC3)nnc12. The highest BCUT2D eigenvalue weighted by molar-refractivity contribution is 7.99. The minimum Gasteiger partial charge on any atom is -0.339 e. The second kappa shape index (κ2) is 8.76. The number of nitrogens with zero attached hydrogens (tertiary/aromatic N) is 6. The van der Waals surface area contributed by atoms with Crippen molar-refractivity contribution in [3.63, 3.8) is 0 Å². The predicted molar refractivity (Wildman–Crippen MR) is 125 cm³/mol. The molecule has 0 aliphatic carbocycles. The number of thioether (sulfide) groups is 1. The van der Waals surface area contributed by atoms with Crippen molar-refractivity contribution in [2.24, 2.45) is 7.05 Å². The molecule has 1 aliphatic heterocycles. The Kier molecular flexibility index (Phi) is 5.67. The number of para-hydroxylation sites is 1. The van der Waals surface area contributed by atoms with Crippen LogP contribution in [0.1, 0.15) is 5.56 Å². The van der Waals surface area contributed by atoms with Gasteiger partial charge in [0.25, 0.3) is 5.56 Å². The maximum atomic E-state index is 12.9. The van der Waals surface area contributed by atoms with Crippen LogP contribution in [0.3, 0.4) is 0 Å². The number of hydrogen-bond donors (Lipinski definition) is 0. The summed E-state index contributed by atoms with van der Waals surface area (Å²) >= 11 is 1.36. The van der Waals surface area contributed by atoms with Gasteiger partial charge in [0.05, 0.1) is 16.7 Å². The van der Waals surface area contributed by atoms with E-state index < -0.39 is 0 Å². The van der Waals surface area contributed by atoms with Gasteiger partial charge >= 0.3 is 0 Å². The third-order valence-corrected chi connectivity index (χ3v) is 6.81. The molecule has 0 saturated carbocycles. The molecule has 0 radical (unpaired) electrons. The molecule has 5 rings (SSSR count). The van der Waals surface area contributed by atoms with Crippen LogP contribution in [0.25, 0.3) is 16.7 Å². The fraction of sp³-hybridized carbons (Fsp3) is 0.304. The second-order valence-corrected chi connectivity index (χ2v) is 8.87. The highest BCUT2D eigenvalue weighted by Gasteiger charge is 2.22. The predicted octanol–water partition coefficient (Wildman–Crippen LogP) is 2.02. The molecule has 9 heteroatoms. The molecule has 0 atom stereocenters. The van der Waals surface area contributed by atoms with E-state index >= 15 is 0 Å². The summed E-state index contributed by atoms with van der Waals surface area (Å²) in [6.07, 6.45) is 0. The van der Waals surface area contributed by atoms with Crippen molar-refractivity contribution in [2.75, 3.05) is 31.9 Å². The molecule has 0 N–H and O–H groups in total. The van der Waals surface area contributed by atoms with Crippen LogP contribution in [0.2, 0.25) is 0 Å². The molecule has 1 aliphatic rings. The molecule has 2 aromatic carbocycles. The first-order valence-electron chi connectivity index (χ1n) is 10.6. The van der Waals surface area contributed by atoms with Crippen LogP contribution in [0.4, 0.5) is 0 Å². The highest BCUT2D eigenvalue weighted by atomic mass is 32.2. The topological polar surface area (TPSA) is 75.7 Å². The van der Waals surface area contributed by atoms with Crippen LogP contribution < -0.4 is 5.56 Å². The van der Waals surface area contributed by atoms with Crippen molar-refractivity contribution in [3.8, 4) is 0 Å². The Balaban J connectivity index is 1.26. The fourth-order valence-electron chi connectivity index (χ4n) is 4.12. The van der Waals surface area contributed by atoms with Crippen molar-refractivity contribution in [2.45, 2.75) is 11.7 Å². The number of fused-ring (bicyclic) bond motifs is 3. The van der Waals surface area contributed by atoms with Gasteiger partial charge in [-0.3, -0.25) is 23.5 Å². The number of aryl methyl sites for hydroxylation is 1. The van der Waals surface area contributed by atoms with Crippen LogP contribution in [0, 0.1) is 0 Å². The Morgan fingerprint density at radius 3 is 2.47 bits per heavy atom. The Hall–Kier alpha value is -3.17. The van der Waals surface area contributed by atoms with E-state index in [1.165, 1.54) is 21.9 Å². The number of carbonyl (C=O) groups is 1. The molecular formula is C23H24N6O2S. The summed E-state index contributed by atoms with van der Waals surface area (Å²) in [7, 11) is 1.69. The summed E-state index contributed by atoms with van der Waals surface area (Å²) in [6, 6.07) is 17.8. The summed E-state index contributed by atoms with van der Waals surface area (Å²) in [4.78, 5) is 29.7. The molecule has 0 spiro atoms. The zero-order chi connectivity index (χ0) is 22.1. The summed E-state index contributed by atoms with van der Waals surface area (Å²) in [6.45, 7) is 4.10. The molecule has 2 aromatic heterocycles. The third-order valence-electron chi connectivity index (χ3n) is 5.90. The first-order chi connectivity index (χ1) is 15.6. The van der Waals surface area contributed by atoms with Gasteiger partial charge in [0.15, 0.2) is 5.16 Å². The van der Waals surface area contributed by atoms with E-state index in [0.29, 0.717) is 16.3 Å². The summed E-state index contributed by atoms with van der Waals surface area (Å²) in [5, 5.41) is 9.67. The van der Waals surface area contributed by atoms with E-state index in [-0.39, 0.29) is 17.2 Å². The number of benzene rings is 2. The Morgan fingerprint density at radius 2 is 1.69 bits per heavy atom. The van der Waals surface area contributed by atoms with Gasteiger partial charge in [-0.2, -0.15) is 0 Å². The summed E-state index contributed by atoms with van der Waals surface area (Å²) in [5.74, 6) is 0.856.